The minimum absolute atomic E-state index is 0.0770. The molecular weight excluding hydrogens is 241 g/mol. The molecule has 2 nitrogen and oxygen atoms in total. The van der Waals surface area contributed by atoms with Gasteiger partial charge in [-0.25, -0.2) is 13.2 Å². The van der Waals surface area contributed by atoms with Crippen molar-refractivity contribution in [2.75, 3.05) is 4.90 Å². The summed E-state index contributed by atoms with van der Waals surface area (Å²) < 4.78 is 40.6. The fourth-order valence-corrected chi connectivity index (χ4v) is 3.37. The molecule has 2 aliphatic heterocycles. The number of halogens is 3. The van der Waals surface area contributed by atoms with E-state index in [4.69, 9.17) is 5.73 Å². The number of piperidine rings is 1. The topological polar surface area (TPSA) is 29.3 Å². The largest absolute Gasteiger partial charge is 0.361 e. The van der Waals surface area contributed by atoms with Gasteiger partial charge in [-0.05, 0) is 25.7 Å². The van der Waals surface area contributed by atoms with Crippen LogP contribution < -0.4 is 10.6 Å². The van der Waals surface area contributed by atoms with Crippen LogP contribution in [-0.4, -0.2) is 18.1 Å². The predicted octanol–water partition coefficient (Wildman–Crippen LogP) is 2.56. The molecule has 5 heteroatoms. The highest BCUT2D eigenvalue weighted by Gasteiger charge is 2.41. The lowest BCUT2D eigenvalue weighted by Gasteiger charge is -2.39. The number of fused-ring (bicyclic) bond motifs is 2. The molecule has 0 amide bonds. The zero-order chi connectivity index (χ0) is 12.9. The van der Waals surface area contributed by atoms with Crippen molar-refractivity contribution >= 4 is 5.69 Å². The number of rotatable bonds is 1. The van der Waals surface area contributed by atoms with Crippen LogP contribution in [0.2, 0.25) is 0 Å². The Bertz CT molecular complexity index is 440. The first kappa shape index (κ1) is 11.8. The fourth-order valence-electron chi connectivity index (χ4n) is 3.37. The Kier molecular flexibility index (Phi) is 2.73. The van der Waals surface area contributed by atoms with Gasteiger partial charge in [-0.2, -0.15) is 0 Å². The summed E-state index contributed by atoms with van der Waals surface area (Å²) in [6.07, 6.45) is 3.28. The van der Waals surface area contributed by atoms with Crippen LogP contribution in [0.1, 0.15) is 25.7 Å². The van der Waals surface area contributed by atoms with Gasteiger partial charge in [0.2, 0.25) is 0 Å². The summed E-state index contributed by atoms with van der Waals surface area (Å²) in [4.78, 5) is 1.77. The molecule has 0 saturated carbocycles. The van der Waals surface area contributed by atoms with E-state index in [1.54, 1.807) is 4.90 Å². The van der Waals surface area contributed by atoms with Crippen LogP contribution in [0.15, 0.2) is 12.1 Å². The van der Waals surface area contributed by atoms with E-state index in [1.807, 2.05) is 0 Å². The summed E-state index contributed by atoms with van der Waals surface area (Å²) in [5.41, 5.74) is 5.83. The monoisotopic (exact) mass is 256 g/mol. The lowest BCUT2D eigenvalue weighted by Crippen LogP contribution is -2.48. The van der Waals surface area contributed by atoms with Crippen LogP contribution in [0.5, 0.6) is 0 Å². The van der Waals surface area contributed by atoms with Crippen molar-refractivity contribution < 1.29 is 13.2 Å². The van der Waals surface area contributed by atoms with Crippen molar-refractivity contribution in [1.29, 1.82) is 0 Å². The van der Waals surface area contributed by atoms with Gasteiger partial charge in [-0.1, -0.05) is 0 Å². The molecule has 18 heavy (non-hydrogen) atoms. The Labute approximate surface area is 104 Å². The maximum Gasteiger partial charge on any atom is 0.152 e. The molecule has 2 bridgehead atoms. The third-order valence-electron chi connectivity index (χ3n) is 4.01. The number of anilines is 1. The SMILES string of the molecule is NC1CC2CCC(C1)N2c1c(F)cc(F)cc1F. The second-order valence-corrected chi connectivity index (χ2v) is 5.24. The van der Waals surface area contributed by atoms with Gasteiger partial charge in [0.05, 0.1) is 0 Å². The molecule has 0 radical (unpaired) electrons. The average Bonchev–Trinajstić information content (AvgIpc) is 2.53. The van der Waals surface area contributed by atoms with Crippen molar-refractivity contribution in [3.63, 3.8) is 0 Å². The van der Waals surface area contributed by atoms with E-state index < -0.39 is 17.5 Å². The number of hydrogen-bond donors (Lipinski definition) is 1. The lowest BCUT2D eigenvalue weighted by atomic mass is 9.97. The first-order chi connectivity index (χ1) is 8.56. The van der Waals surface area contributed by atoms with Crippen molar-refractivity contribution in [2.24, 2.45) is 5.73 Å². The third-order valence-corrected chi connectivity index (χ3v) is 4.01. The molecule has 3 rings (SSSR count). The van der Waals surface area contributed by atoms with Crippen LogP contribution in [-0.2, 0) is 0 Å². The summed E-state index contributed by atoms with van der Waals surface area (Å²) >= 11 is 0. The first-order valence-corrected chi connectivity index (χ1v) is 6.24. The normalized spacial score (nSPS) is 30.9. The van der Waals surface area contributed by atoms with Crippen LogP contribution in [0.25, 0.3) is 0 Å². The predicted molar refractivity (Wildman–Crippen MR) is 62.8 cm³/mol. The first-order valence-electron chi connectivity index (χ1n) is 6.24. The van der Waals surface area contributed by atoms with Gasteiger partial charge in [0, 0.05) is 30.3 Å². The molecular formula is C13H15F3N2. The van der Waals surface area contributed by atoms with Gasteiger partial charge in [-0.15, -0.1) is 0 Å². The number of nitrogens with zero attached hydrogens (tertiary/aromatic N) is 1. The van der Waals surface area contributed by atoms with E-state index in [1.165, 1.54) is 0 Å². The third kappa shape index (κ3) is 1.77. The van der Waals surface area contributed by atoms with Gasteiger partial charge >= 0.3 is 0 Å². The molecule has 2 saturated heterocycles. The molecule has 2 aliphatic rings. The van der Waals surface area contributed by atoms with Crippen LogP contribution >= 0.6 is 0 Å². The number of nitrogens with two attached hydrogens (primary N) is 1. The Hall–Kier alpha value is -1.23. The van der Waals surface area contributed by atoms with Crippen molar-refractivity contribution in [1.82, 2.24) is 0 Å². The maximum absolute atomic E-state index is 13.8. The summed E-state index contributed by atoms with van der Waals surface area (Å²) in [5.74, 6) is -2.52. The Balaban J connectivity index is 2.01. The molecule has 2 heterocycles. The van der Waals surface area contributed by atoms with Crippen LogP contribution in [0, 0.1) is 17.5 Å². The van der Waals surface area contributed by atoms with Crippen molar-refractivity contribution in [3.8, 4) is 0 Å². The lowest BCUT2D eigenvalue weighted by molar-refractivity contribution is 0.402. The van der Waals surface area contributed by atoms with Gasteiger partial charge in [0.25, 0.3) is 0 Å². The molecule has 1 aromatic carbocycles. The Morgan fingerprint density at radius 3 is 2.00 bits per heavy atom. The maximum atomic E-state index is 13.8. The van der Waals surface area contributed by atoms with Crippen LogP contribution in [0.3, 0.4) is 0 Å². The smallest absolute Gasteiger partial charge is 0.152 e. The molecule has 2 atom stereocenters. The summed E-state index contributed by atoms with van der Waals surface area (Å²) in [6, 6.07) is 1.74. The highest BCUT2D eigenvalue weighted by atomic mass is 19.1. The highest BCUT2D eigenvalue weighted by molar-refractivity contribution is 5.53. The molecule has 2 fully saturated rings. The van der Waals surface area contributed by atoms with E-state index in [-0.39, 0.29) is 23.8 Å². The summed E-state index contributed by atoms with van der Waals surface area (Å²) in [5, 5.41) is 0. The van der Waals surface area contributed by atoms with Gasteiger partial charge < -0.3 is 10.6 Å². The summed E-state index contributed by atoms with van der Waals surface area (Å²) in [7, 11) is 0. The zero-order valence-corrected chi connectivity index (χ0v) is 9.87. The molecule has 98 valence electrons. The van der Waals surface area contributed by atoms with Gasteiger partial charge in [-0.3, -0.25) is 0 Å². The Morgan fingerprint density at radius 1 is 1.00 bits per heavy atom. The summed E-state index contributed by atoms with van der Waals surface area (Å²) in [6.45, 7) is 0. The highest BCUT2D eigenvalue weighted by Crippen LogP contribution is 2.41. The standard InChI is InChI=1S/C13H15F3N2/c14-7-3-11(15)13(12(16)4-7)18-9-1-2-10(18)6-8(17)5-9/h3-4,8-10H,1-2,5-6,17H2. The van der Waals surface area contributed by atoms with E-state index in [0.29, 0.717) is 0 Å². The average molecular weight is 256 g/mol. The quantitative estimate of drug-likeness (QED) is 0.836. The minimum Gasteiger partial charge on any atom is -0.361 e. The number of benzene rings is 1. The second kappa shape index (κ2) is 4.16. The molecule has 0 spiro atoms. The minimum atomic E-state index is -0.880. The number of hydrogen-bond acceptors (Lipinski definition) is 2. The molecule has 2 unspecified atom stereocenters. The molecule has 0 aliphatic carbocycles. The molecule has 0 aromatic heterocycles. The fraction of sp³-hybridized carbons (Fsp3) is 0.538. The Morgan fingerprint density at radius 2 is 1.50 bits per heavy atom. The van der Waals surface area contributed by atoms with Crippen molar-refractivity contribution in [3.05, 3.63) is 29.6 Å². The van der Waals surface area contributed by atoms with E-state index >= 15 is 0 Å². The van der Waals surface area contributed by atoms with Gasteiger partial charge in [0.15, 0.2) is 11.6 Å². The second-order valence-electron chi connectivity index (χ2n) is 5.24. The van der Waals surface area contributed by atoms with E-state index in [2.05, 4.69) is 0 Å². The van der Waals surface area contributed by atoms with E-state index in [0.717, 1.165) is 37.8 Å². The van der Waals surface area contributed by atoms with Crippen molar-refractivity contribution in [2.45, 2.75) is 43.8 Å². The van der Waals surface area contributed by atoms with Gasteiger partial charge in [0.1, 0.15) is 11.5 Å². The zero-order valence-electron chi connectivity index (χ0n) is 9.87. The molecule has 2 N–H and O–H groups in total. The van der Waals surface area contributed by atoms with Crippen LogP contribution in [0.4, 0.5) is 18.9 Å². The molecule has 1 aromatic rings. The van der Waals surface area contributed by atoms with E-state index in [9.17, 15) is 13.2 Å².